The Balaban J connectivity index is 1.76. The topological polar surface area (TPSA) is 70.6 Å². The van der Waals surface area contributed by atoms with E-state index in [4.69, 9.17) is 9.84 Å². The fourth-order valence-electron chi connectivity index (χ4n) is 1.53. The van der Waals surface area contributed by atoms with Crippen LogP contribution in [0.2, 0.25) is 0 Å². The summed E-state index contributed by atoms with van der Waals surface area (Å²) in [6, 6.07) is 9.14. The van der Waals surface area contributed by atoms with Crippen LogP contribution < -0.4 is 10.9 Å². The lowest BCUT2D eigenvalue weighted by molar-refractivity contribution is -0.138. The van der Waals surface area contributed by atoms with E-state index in [0.717, 1.165) is 11.3 Å². The third-order valence-electron chi connectivity index (χ3n) is 2.39. The van der Waals surface area contributed by atoms with E-state index < -0.39 is 12.0 Å². The summed E-state index contributed by atoms with van der Waals surface area (Å²) in [5, 5.41) is 8.75. The van der Waals surface area contributed by atoms with Crippen LogP contribution in [0.15, 0.2) is 42.1 Å². The molecule has 1 atom stereocenters. The van der Waals surface area contributed by atoms with Crippen molar-refractivity contribution >= 4 is 5.97 Å². The molecule has 0 aliphatic carbocycles. The highest BCUT2D eigenvalue weighted by Crippen LogP contribution is 2.05. The summed E-state index contributed by atoms with van der Waals surface area (Å²) in [6.45, 7) is 0.878. The molecule has 0 saturated carbocycles. The molecule has 0 spiro atoms. The lowest BCUT2D eigenvalue weighted by Crippen LogP contribution is -2.37. The molecule has 1 aromatic rings. The van der Waals surface area contributed by atoms with Crippen LogP contribution in [0.25, 0.3) is 0 Å². The Bertz CT molecular complexity index is 417. The predicted molar refractivity (Wildman–Crippen MR) is 61.9 cm³/mol. The highest BCUT2D eigenvalue weighted by molar-refractivity contribution is 5.76. The van der Waals surface area contributed by atoms with E-state index in [0.29, 0.717) is 13.2 Å². The van der Waals surface area contributed by atoms with Gasteiger partial charge in [0.15, 0.2) is 0 Å². The van der Waals surface area contributed by atoms with Gasteiger partial charge in [0.1, 0.15) is 6.04 Å². The molecule has 0 radical (unpaired) electrons. The molecule has 2 rings (SSSR count). The molecule has 90 valence electrons. The predicted octanol–water partition coefficient (Wildman–Crippen LogP) is 0.648. The zero-order valence-corrected chi connectivity index (χ0v) is 9.22. The van der Waals surface area contributed by atoms with Crippen LogP contribution in [0.5, 0.6) is 0 Å². The smallest absolute Gasteiger partial charge is 0.326 e. The number of hydrazine groups is 1. The van der Waals surface area contributed by atoms with Gasteiger partial charge in [-0.25, -0.2) is 5.43 Å². The fourth-order valence-corrected chi connectivity index (χ4v) is 1.53. The monoisotopic (exact) mass is 234 g/mol. The van der Waals surface area contributed by atoms with Gasteiger partial charge in [0, 0.05) is 0 Å². The molecule has 1 unspecified atom stereocenters. The van der Waals surface area contributed by atoms with Crippen molar-refractivity contribution in [1.82, 2.24) is 10.9 Å². The van der Waals surface area contributed by atoms with Gasteiger partial charge in [-0.1, -0.05) is 30.3 Å². The molecule has 1 aliphatic rings. The first-order valence-electron chi connectivity index (χ1n) is 5.32. The Kier molecular flexibility index (Phi) is 3.74. The third kappa shape index (κ3) is 3.30. The fraction of sp³-hybridized carbons (Fsp3) is 0.250. The molecule has 1 aromatic carbocycles. The molecule has 5 heteroatoms. The summed E-state index contributed by atoms with van der Waals surface area (Å²) >= 11 is 0. The zero-order chi connectivity index (χ0) is 12.1. The van der Waals surface area contributed by atoms with Crippen molar-refractivity contribution in [3.63, 3.8) is 0 Å². The Labute approximate surface area is 99.1 Å². The van der Waals surface area contributed by atoms with Crippen LogP contribution >= 0.6 is 0 Å². The molecule has 0 amide bonds. The summed E-state index contributed by atoms with van der Waals surface area (Å²) < 4.78 is 5.47. The van der Waals surface area contributed by atoms with E-state index in [1.165, 1.54) is 0 Å². The quantitative estimate of drug-likeness (QED) is 0.697. The van der Waals surface area contributed by atoms with E-state index in [9.17, 15) is 4.79 Å². The van der Waals surface area contributed by atoms with Crippen molar-refractivity contribution in [3.05, 3.63) is 47.7 Å². The standard InChI is InChI=1S/C12H14N2O3/c15-12(16)11-6-10(13-14-11)8-17-7-9-4-2-1-3-5-9/h1-6,11,13-14H,7-8H2,(H,15,16). The van der Waals surface area contributed by atoms with Gasteiger partial charge in [-0.3, -0.25) is 4.79 Å². The SMILES string of the molecule is O=C(O)C1C=C(COCc2ccccc2)NN1. The number of carbonyl (C=O) groups is 1. The summed E-state index contributed by atoms with van der Waals surface area (Å²) in [4.78, 5) is 10.7. The highest BCUT2D eigenvalue weighted by atomic mass is 16.5. The second-order valence-corrected chi connectivity index (χ2v) is 3.76. The number of ether oxygens (including phenoxy) is 1. The molecule has 0 fully saturated rings. The lowest BCUT2D eigenvalue weighted by Gasteiger charge is -2.06. The highest BCUT2D eigenvalue weighted by Gasteiger charge is 2.20. The summed E-state index contributed by atoms with van der Waals surface area (Å²) in [7, 11) is 0. The first-order chi connectivity index (χ1) is 8.25. The van der Waals surface area contributed by atoms with E-state index in [2.05, 4.69) is 10.9 Å². The molecule has 17 heavy (non-hydrogen) atoms. The van der Waals surface area contributed by atoms with Gasteiger partial charge < -0.3 is 15.3 Å². The normalized spacial score (nSPS) is 18.6. The van der Waals surface area contributed by atoms with Crippen LogP contribution in [0.1, 0.15) is 5.56 Å². The van der Waals surface area contributed by atoms with Gasteiger partial charge >= 0.3 is 5.97 Å². The molecule has 0 aromatic heterocycles. The molecule has 0 saturated heterocycles. The van der Waals surface area contributed by atoms with Crippen molar-refractivity contribution in [1.29, 1.82) is 0 Å². The average molecular weight is 234 g/mol. The minimum absolute atomic E-state index is 0.367. The van der Waals surface area contributed by atoms with Crippen LogP contribution in [0, 0.1) is 0 Å². The molecular weight excluding hydrogens is 220 g/mol. The summed E-state index contributed by atoms with van der Waals surface area (Å²) in [6.07, 6.45) is 1.60. The number of hydrogen-bond donors (Lipinski definition) is 3. The minimum Gasteiger partial charge on any atom is -0.480 e. The van der Waals surface area contributed by atoms with Crippen LogP contribution in [0.4, 0.5) is 0 Å². The number of carboxylic acids is 1. The Morgan fingerprint density at radius 2 is 2.06 bits per heavy atom. The number of aliphatic carboxylic acids is 1. The van der Waals surface area contributed by atoms with Crippen molar-refractivity contribution in [3.8, 4) is 0 Å². The first-order valence-corrected chi connectivity index (χ1v) is 5.32. The minimum atomic E-state index is -0.907. The molecule has 0 bridgehead atoms. The van der Waals surface area contributed by atoms with Gasteiger partial charge in [0.25, 0.3) is 0 Å². The Hall–Kier alpha value is -1.85. The van der Waals surface area contributed by atoms with Crippen molar-refractivity contribution in [2.75, 3.05) is 6.61 Å². The first kappa shape index (κ1) is 11.6. The third-order valence-corrected chi connectivity index (χ3v) is 2.39. The van der Waals surface area contributed by atoms with Crippen molar-refractivity contribution in [2.24, 2.45) is 0 Å². The van der Waals surface area contributed by atoms with Gasteiger partial charge in [-0.05, 0) is 11.6 Å². The summed E-state index contributed by atoms with van der Waals surface area (Å²) in [5.41, 5.74) is 7.25. The van der Waals surface area contributed by atoms with E-state index in [1.807, 2.05) is 30.3 Å². The number of nitrogens with one attached hydrogen (secondary N) is 2. The zero-order valence-electron chi connectivity index (χ0n) is 9.22. The maximum atomic E-state index is 10.7. The van der Waals surface area contributed by atoms with Crippen molar-refractivity contribution in [2.45, 2.75) is 12.6 Å². The van der Waals surface area contributed by atoms with Crippen LogP contribution in [0.3, 0.4) is 0 Å². The molecular formula is C12H14N2O3. The van der Waals surface area contributed by atoms with Gasteiger partial charge in [0.05, 0.1) is 18.9 Å². The van der Waals surface area contributed by atoms with E-state index in [-0.39, 0.29) is 0 Å². The lowest BCUT2D eigenvalue weighted by atomic mass is 10.2. The maximum absolute atomic E-state index is 10.7. The van der Waals surface area contributed by atoms with Gasteiger partial charge in [0.2, 0.25) is 0 Å². The maximum Gasteiger partial charge on any atom is 0.326 e. The molecule has 3 N–H and O–H groups in total. The number of carboxylic acid groups (broad SMARTS) is 1. The average Bonchev–Trinajstić information content (AvgIpc) is 2.79. The summed E-state index contributed by atoms with van der Waals surface area (Å²) in [5.74, 6) is -0.907. The second-order valence-electron chi connectivity index (χ2n) is 3.76. The van der Waals surface area contributed by atoms with E-state index in [1.54, 1.807) is 6.08 Å². The Morgan fingerprint density at radius 3 is 2.71 bits per heavy atom. The molecule has 1 aliphatic heterocycles. The Morgan fingerprint density at radius 1 is 1.29 bits per heavy atom. The van der Waals surface area contributed by atoms with E-state index >= 15 is 0 Å². The van der Waals surface area contributed by atoms with Gasteiger partial charge in [-0.2, -0.15) is 0 Å². The number of hydrogen-bond acceptors (Lipinski definition) is 4. The van der Waals surface area contributed by atoms with Crippen LogP contribution in [-0.4, -0.2) is 23.7 Å². The van der Waals surface area contributed by atoms with Crippen molar-refractivity contribution < 1.29 is 14.6 Å². The molecule has 1 heterocycles. The second kappa shape index (κ2) is 5.47. The molecule has 5 nitrogen and oxygen atoms in total. The number of benzene rings is 1. The number of rotatable bonds is 5. The largest absolute Gasteiger partial charge is 0.480 e. The van der Waals surface area contributed by atoms with Crippen LogP contribution in [-0.2, 0) is 16.1 Å². The van der Waals surface area contributed by atoms with Gasteiger partial charge in [-0.15, -0.1) is 0 Å².